The van der Waals surface area contributed by atoms with E-state index in [-0.39, 0.29) is 0 Å². The fraction of sp³-hybridized carbons (Fsp3) is 0.548. The maximum Gasteiger partial charge on any atom is 0.337 e. The number of rotatable bonds is 27. The maximum absolute atomic E-state index is 12.2. The van der Waals surface area contributed by atoms with Gasteiger partial charge in [0, 0.05) is 0 Å². The molecule has 0 fully saturated rings. The summed E-state index contributed by atoms with van der Waals surface area (Å²) < 4.78 is 29.2. The van der Waals surface area contributed by atoms with Crippen molar-refractivity contribution in [2.75, 3.05) is 20.3 Å². The summed E-state index contributed by atoms with van der Waals surface area (Å²) in [6.45, 7) is 6.67. The van der Waals surface area contributed by atoms with Crippen molar-refractivity contribution in [3.05, 3.63) is 83.4 Å². The van der Waals surface area contributed by atoms with Crippen LogP contribution in [0, 0.1) is 0 Å². The Morgan fingerprint density at radius 1 is 0.479 bits per heavy atom. The lowest BCUT2D eigenvalue weighted by atomic mass is 10.1. The highest BCUT2D eigenvalue weighted by Gasteiger charge is 2.13. The van der Waals surface area contributed by atoms with Crippen LogP contribution in [0.1, 0.15) is 138 Å². The predicted molar refractivity (Wildman–Crippen MR) is 196 cm³/mol. The molecule has 0 radical (unpaired) electrons. The van der Waals surface area contributed by atoms with E-state index in [1.54, 1.807) is 18.2 Å². The molecule has 0 heterocycles. The first kappa shape index (κ1) is 38.8. The summed E-state index contributed by atoms with van der Waals surface area (Å²) in [6.07, 6.45) is 20.5. The third-order valence-electron chi connectivity index (χ3n) is 8.53. The van der Waals surface area contributed by atoms with Crippen molar-refractivity contribution in [3.63, 3.8) is 0 Å². The van der Waals surface area contributed by atoms with Gasteiger partial charge >= 0.3 is 5.97 Å². The Kier molecular flexibility index (Phi) is 19.8. The van der Waals surface area contributed by atoms with Crippen molar-refractivity contribution < 1.29 is 28.5 Å². The molecule has 0 bridgehead atoms. The highest BCUT2D eigenvalue weighted by Crippen LogP contribution is 2.31. The second-order valence-corrected chi connectivity index (χ2v) is 12.7. The Morgan fingerprint density at radius 3 is 1.33 bits per heavy atom. The molecule has 0 aliphatic heterocycles. The van der Waals surface area contributed by atoms with E-state index in [4.69, 9.17) is 23.7 Å². The minimum absolute atomic E-state index is 0.324. The van der Waals surface area contributed by atoms with Gasteiger partial charge in [0.1, 0.15) is 24.7 Å². The molecule has 3 aromatic carbocycles. The first-order valence-corrected chi connectivity index (χ1v) is 18.5. The van der Waals surface area contributed by atoms with Crippen LogP contribution in [-0.4, -0.2) is 26.3 Å². The fourth-order valence-corrected chi connectivity index (χ4v) is 5.52. The minimum atomic E-state index is -0.424. The average Bonchev–Trinajstić information content (AvgIpc) is 3.12. The summed E-state index contributed by atoms with van der Waals surface area (Å²) >= 11 is 0. The number of ether oxygens (including phenoxy) is 5. The minimum Gasteiger partial charge on any atom is -0.494 e. The van der Waals surface area contributed by atoms with Crippen molar-refractivity contribution in [1.29, 1.82) is 0 Å². The lowest BCUT2D eigenvalue weighted by Crippen LogP contribution is -2.05. The maximum atomic E-state index is 12.2. The smallest absolute Gasteiger partial charge is 0.337 e. The molecule has 6 nitrogen and oxygen atoms in total. The zero-order valence-corrected chi connectivity index (χ0v) is 29.9. The van der Waals surface area contributed by atoms with Crippen LogP contribution in [0.15, 0.2) is 66.7 Å². The SMILES string of the molecule is CCCCCCCCCCOc1ccc(COc2ccc(C(=O)OC)cc2OCc2ccc(OCCCCCCCCCC)cc2)cc1. The Hall–Kier alpha value is -3.67. The van der Waals surface area contributed by atoms with Crippen molar-refractivity contribution >= 4 is 5.97 Å². The molecule has 0 amide bonds. The summed E-state index contributed by atoms with van der Waals surface area (Å²) in [5, 5.41) is 0. The van der Waals surface area contributed by atoms with Gasteiger partial charge < -0.3 is 23.7 Å². The van der Waals surface area contributed by atoms with Crippen LogP contribution in [0.25, 0.3) is 0 Å². The van der Waals surface area contributed by atoms with Gasteiger partial charge in [-0.15, -0.1) is 0 Å². The quantitative estimate of drug-likeness (QED) is 0.0599. The highest BCUT2D eigenvalue weighted by atomic mass is 16.5. The van der Waals surface area contributed by atoms with Gasteiger partial charge in [-0.05, 0) is 66.4 Å². The van der Waals surface area contributed by atoms with Crippen LogP contribution in [0.5, 0.6) is 23.0 Å². The second-order valence-electron chi connectivity index (χ2n) is 12.7. The van der Waals surface area contributed by atoms with Gasteiger partial charge in [-0.1, -0.05) is 128 Å². The highest BCUT2D eigenvalue weighted by molar-refractivity contribution is 5.90. The summed E-state index contributed by atoms with van der Waals surface area (Å²) in [5.41, 5.74) is 2.41. The van der Waals surface area contributed by atoms with Gasteiger partial charge in [0.2, 0.25) is 0 Å². The summed E-state index contributed by atoms with van der Waals surface area (Å²) in [4.78, 5) is 12.2. The molecule has 0 spiro atoms. The lowest BCUT2D eigenvalue weighted by molar-refractivity contribution is 0.0600. The van der Waals surface area contributed by atoms with E-state index in [2.05, 4.69) is 13.8 Å². The van der Waals surface area contributed by atoms with Crippen LogP contribution < -0.4 is 18.9 Å². The number of benzene rings is 3. The van der Waals surface area contributed by atoms with Gasteiger partial charge in [-0.3, -0.25) is 0 Å². The van der Waals surface area contributed by atoms with Crippen molar-refractivity contribution in [2.24, 2.45) is 0 Å². The van der Waals surface area contributed by atoms with E-state index >= 15 is 0 Å². The topological polar surface area (TPSA) is 63.2 Å². The Balaban J connectivity index is 1.43. The first-order valence-electron chi connectivity index (χ1n) is 18.5. The molecule has 0 saturated carbocycles. The molecule has 0 saturated heterocycles. The Labute approximate surface area is 290 Å². The molecular formula is C42H60O6. The van der Waals surface area contributed by atoms with E-state index in [1.165, 1.54) is 97.0 Å². The fourth-order valence-electron chi connectivity index (χ4n) is 5.52. The number of methoxy groups -OCH3 is 1. The van der Waals surface area contributed by atoms with Crippen molar-refractivity contribution in [1.82, 2.24) is 0 Å². The number of carbonyl (C=O) groups excluding carboxylic acids is 1. The number of carbonyl (C=O) groups is 1. The van der Waals surface area contributed by atoms with Gasteiger partial charge in [0.15, 0.2) is 11.5 Å². The van der Waals surface area contributed by atoms with Gasteiger partial charge in [-0.2, -0.15) is 0 Å². The second kappa shape index (κ2) is 24.5. The first-order chi connectivity index (χ1) is 23.6. The van der Waals surface area contributed by atoms with E-state index in [1.807, 2.05) is 48.5 Å². The van der Waals surface area contributed by atoms with E-state index < -0.39 is 5.97 Å². The van der Waals surface area contributed by atoms with Crippen LogP contribution in [0.4, 0.5) is 0 Å². The number of esters is 1. The van der Waals surface area contributed by atoms with E-state index in [0.717, 1.165) is 48.7 Å². The van der Waals surface area contributed by atoms with E-state index in [9.17, 15) is 4.79 Å². The molecule has 3 rings (SSSR count). The summed E-state index contributed by atoms with van der Waals surface area (Å²) in [6, 6.07) is 21.1. The predicted octanol–water partition coefficient (Wildman–Crippen LogP) is 11.7. The molecule has 0 N–H and O–H groups in total. The number of hydrogen-bond donors (Lipinski definition) is 0. The molecule has 264 valence electrons. The summed E-state index contributed by atoms with van der Waals surface area (Å²) in [7, 11) is 1.37. The van der Waals surface area contributed by atoms with Crippen LogP contribution >= 0.6 is 0 Å². The van der Waals surface area contributed by atoms with E-state index in [0.29, 0.717) is 30.3 Å². The molecule has 0 unspecified atom stereocenters. The molecule has 6 heteroatoms. The Morgan fingerprint density at radius 2 is 0.896 bits per heavy atom. The lowest BCUT2D eigenvalue weighted by Gasteiger charge is -2.15. The van der Waals surface area contributed by atoms with Gasteiger partial charge in [0.05, 0.1) is 25.9 Å². The summed E-state index contributed by atoms with van der Waals surface area (Å²) in [5.74, 6) is 2.36. The molecular weight excluding hydrogens is 600 g/mol. The Bertz CT molecular complexity index is 1250. The third-order valence-corrected chi connectivity index (χ3v) is 8.53. The van der Waals surface area contributed by atoms with Crippen LogP contribution in [0.3, 0.4) is 0 Å². The number of unbranched alkanes of at least 4 members (excludes halogenated alkanes) is 14. The third kappa shape index (κ3) is 16.0. The van der Waals surface area contributed by atoms with Crippen molar-refractivity contribution in [2.45, 2.75) is 130 Å². The standard InChI is InChI=1S/C42H60O6/c1-4-6-8-10-12-14-16-18-30-45-38-25-20-35(21-26-38)33-47-40-29-24-37(42(43)44-3)32-41(40)48-34-36-22-27-39(28-23-36)46-31-19-17-15-13-11-9-7-5-2/h20-29,32H,4-19,30-31,33-34H2,1-3H3. The van der Waals surface area contributed by atoms with Gasteiger partial charge in [-0.25, -0.2) is 4.79 Å². The molecule has 0 aromatic heterocycles. The molecule has 0 aliphatic carbocycles. The largest absolute Gasteiger partial charge is 0.494 e. The van der Waals surface area contributed by atoms with Crippen molar-refractivity contribution in [3.8, 4) is 23.0 Å². The van der Waals surface area contributed by atoms with Crippen LogP contribution in [-0.2, 0) is 18.0 Å². The monoisotopic (exact) mass is 660 g/mol. The average molecular weight is 661 g/mol. The number of hydrogen-bond acceptors (Lipinski definition) is 6. The van der Waals surface area contributed by atoms with Crippen LogP contribution in [0.2, 0.25) is 0 Å². The van der Waals surface area contributed by atoms with Gasteiger partial charge in [0.25, 0.3) is 0 Å². The molecule has 0 atom stereocenters. The zero-order chi connectivity index (χ0) is 34.1. The normalized spacial score (nSPS) is 10.9. The molecule has 3 aromatic rings. The molecule has 0 aliphatic rings. The molecule has 48 heavy (non-hydrogen) atoms. The zero-order valence-electron chi connectivity index (χ0n) is 29.9.